The molecule has 0 aliphatic rings. The zero-order valence-electron chi connectivity index (χ0n) is 12.7. The highest BCUT2D eigenvalue weighted by Crippen LogP contribution is 2.29. The van der Waals surface area contributed by atoms with Crippen molar-refractivity contribution in [3.05, 3.63) is 35.7 Å². The van der Waals surface area contributed by atoms with Crippen LogP contribution < -0.4 is 10.1 Å². The van der Waals surface area contributed by atoms with Crippen LogP contribution in [-0.2, 0) is 13.6 Å². The summed E-state index contributed by atoms with van der Waals surface area (Å²) < 4.78 is 7.24. The fourth-order valence-corrected chi connectivity index (χ4v) is 2.27. The first-order valence-corrected chi connectivity index (χ1v) is 7.04. The van der Waals surface area contributed by atoms with Gasteiger partial charge in [-0.2, -0.15) is 5.10 Å². The third-order valence-electron chi connectivity index (χ3n) is 3.58. The van der Waals surface area contributed by atoms with Crippen LogP contribution in [0.15, 0.2) is 24.4 Å². The van der Waals surface area contributed by atoms with Crippen LogP contribution in [0.5, 0.6) is 5.75 Å². The van der Waals surface area contributed by atoms with Crippen molar-refractivity contribution < 1.29 is 4.74 Å². The summed E-state index contributed by atoms with van der Waals surface area (Å²) >= 11 is 0. The normalized spacial score (nSPS) is 10.8. The first-order valence-electron chi connectivity index (χ1n) is 7.04. The maximum atomic E-state index is 5.34. The quantitative estimate of drug-likeness (QED) is 0.823. The van der Waals surface area contributed by atoms with Gasteiger partial charge in [0.15, 0.2) is 0 Å². The van der Waals surface area contributed by atoms with E-state index in [9.17, 15) is 0 Å². The number of nitrogens with one attached hydrogen (secondary N) is 1. The Morgan fingerprint density at radius 3 is 2.70 bits per heavy atom. The molecular formula is C16H23N3O. The molecule has 1 heterocycles. The molecule has 0 amide bonds. The van der Waals surface area contributed by atoms with Gasteiger partial charge in [0.1, 0.15) is 5.75 Å². The molecular weight excluding hydrogens is 250 g/mol. The third kappa shape index (κ3) is 3.02. The molecule has 108 valence electrons. The van der Waals surface area contributed by atoms with E-state index in [1.165, 1.54) is 22.4 Å². The zero-order valence-corrected chi connectivity index (χ0v) is 12.7. The van der Waals surface area contributed by atoms with Crippen molar-refractivity contribution in [2.75, 3.05) is 13.7 Å². The van der Waals surface area contributed by atoms with Crippen molar-refractivity contribution in [1.29, 1.82) is 0 Å². The van der Waals surface area contributed by atoms with Gasteiger partial charge >= 0.3 is 0 Å². The first kappa shape index (κ1) is 14.6. The molecule has 1 aromatic heterocycles. The largest absolute Gasteiger partial charge is 0.497 e. The Balaban J connectivity index is 2.38. The van der Waals surface area contributed by atoms with E-state index in [0.717, 1.165) is 25.3 Å². The van der Waals surface area contributed by atoms with Gasteiger partial charge in [0.2, 0.25) is 0 Å². The average molecular weight is 273 g/mol. The van der Waals surface area contributed by atoms with Crippen molar-refractivity contribution in [3.8, 4) is 16.9 Å². The van der Waals surface area contributed by atoms with Crippen LogP contribution >= 0.6 is 0 Å². The molecule has 0 spiro atoms. The molecule has 2 aromatic rings. The molecule has 0 aliphatic heterocycles. The lowest BCUT2D eigenvalue weighted by Gasteiger charge is -2.12. The smallest absolute Gasteiger partial charge is 0.119 e. The van der Waals surface area contributed by atoms with Crippen LogP contribution in [0.25, 0.3) is 11.1 Å². The van der Waals surface area contributed by atoms with Gasteiger partial charge in [0, 0.05) is 24.8 Å². The van der Waals surface area contributed by atoms with Gasteiger partial charge in [0.05, 0.1) is 13.3 Å². The van der Waals surface area contributed by atoms with E-state index in [1.807, 2.05) is 24.0 Å². The SMILES string of the molecule is CCCNCc1cc(OC)ccc1-c1cnn(C)c1C. The van der Waals surface area contributed by atoms with E-state index in [-0.39, 0.29) is 0 Å². The van der Waals surface area contributed by atoms with Gasteiger partial charge < -0.3 is 10.1 Å². The number of ether oxygens (including phenoxy) is 1. The number of rotatable bonds is 6. The maximum absolute atomic E-state index is 5.34. The number of methoxy groups -OCH3 is 1. The second kappa shape index (κ2) is 6.57. The lowest BCUT2D eigenvalue weighted by atomic mass is 10.00. The Morgan fingerprint density at radius 2 is 2.10 bits per heavy atom. The van der Waals surface area contributed by atoms with E-state index in [0.29, 0.717) is 0 Å². The Hall–Kier alpha value is -1.81. The number of hydrogen-bond acceptors (Lipinski definition) is 3. The van der Waals surface area contributed by atoms with Gasteiger partial charge in [0.25, 0.3) is 0 Å². The predicted octanol–water partition coefficient (Wildman–Crippen LogP) is 2.90. The minimum atomic E-state index is 0.842. The third-order valence-corrected chi connectivity index (χ3v) is 3.58. The summed E-state index contributed by atoms with van der Waals surface area (Å²) in [6, 6.07) is 6.22. The van der Waals surface area contributed by atoms with E-state index in [2.05, 4.69) is 36.4 Å². The van der Waals surface area contributed by atoms with Gasteiger partial charge in [-0.25, -0.2) is 0 Å². The summed E-state index contributed by atoms with van der Waals surface area (Å²) in [4.78, 5) is 0. The Bertz CT molecular complexity index is 575. The molecule has 0 aliphatic carbocycles. The molecule has 2 rings (SSSR count). The highest BCUT2D eigenvalue weighted by atomic mass is 16.5. The van der Waals surface area contributed by atoms with Crippen LogP contribution in [-0.4, -0.2) is 23.4 Å². The summed E-state index contributed by atoms with van der Waals surface area (Å²) in [6.45, 7) is 6.12. The minimum Gasteiger partial charge on any atom is -0.497 e. The van der Waals surface area contributed by atoms with Crippen molar-refractivity contribution in [2.45, 2.75) is 26.8 Å². The molecule has 4 nitrogen and oxygen atoms in total. The molecule has 1 aromatic carbocycles. The van der Waals surface area contributed by atoms with Crippen LogP contribution in [0, 0.1) is 6.92 Å². The van der Waals surface area contributed by atoms with Crippen molar-refractivity contribution >= 4 is 0 Å². The number of hydrogen-bond donors (Lipinski definition) is 1. The summed E-state index contributed by atoms with van der Waals surface area (Å²) in [6.07, 6.45) is 3.06. The fraction of sp³-hybridized carbons (Fsp3) is 0.438. The Kier molecular flexibility index (Phi) is 4.79. The monoisotopic (exact) mass is 273 g/mol. The summed E-state index contributed by atoms with van der Waals surface area (Å²) in [5.74, 6) is 0.892. The highest BCUT2D eigenvalue weighted by Gasteiger charge is 2.11. The standard InChI is InChI=1S/C16H23N3O/c1-5-8-17-10-13-9-14(20-4)6-7-15(13)16-11-18-19(3)12(16)2/h6-7,9,11,17H,5,8,10H2,1-4H3. The van der Waals surface area contributed by atoms with E-state index >= 15 is 0 Å². The Labute approximate surface area is 120 Å². The topological polar surface area (TPSA) is 39.1 Å². The average Bonchev–Trinajstić information content (AvgIpc) is 2.79. The van der Waals surface area contributed by atoms with E-state index < -0.39 is 0 Å². The zero-order chi connectivity index (χ0) is 14.5. The van der Waals surface area contributed by atoms with Gasteiger partial charge in [-0.05, 0) is 43.1 Å². The van der Waals surface area contributed by atoms with E-state index in [4.69, 9.17) is 4.74 Å². The van der Waals surface area contributed by atoms with Gasteiger partial charge in [-0.3, -0.25) is 4.68 Å². The number of aryl methyl sites for hydroxylation is 1. The van der Waals surface area contributed by atoms with Crippen molar-refractivity contribution in [1.82, 2.24) is 15.1 Å². The predicted molar refractivity (Wildman–Crippen MR) is 81.9 cm³/mol. The first-order chi connectivity index (χ1) is 9.67. The van der Waals surface area contributed by atoms with Crippen LogP contribution in [0.3, 0.4) is 0 Å². The molecule has 0 unspecified atom stereocenters. The molecule has 4 heteroatoms. The molecule has 0 atom stereocenters. The van der Waals surface area contributed by atoms with Crippen molar-refractivity contribution in [3.63, 3.8) is 0 Å². The number of benzene rings is 1. The van der Waals surface area contributed by atoms with Gasteiger partial charge in [-0.1, -0.05) is 13.0 Å². The van der Waals surface area contributed by atoms with E-state index in [1.54, 1.807) is 7.11 Å². The summed E-state index contributed by atoms with van der Waals surface area (Å²) in [7, 11) is 3.67. The second-order valence-electron chi connectivity index (χ2n) is 4.97. The van der Waals surface area contributed by atoms with Crippen LogP contribution in [0.4, 0.5) is 0 Å². The maximum Gasteiger partial charge on any atom is 0.119 e. The molecule has 1 N–H and O–H groups in total. The molecule has 0 fully saturated rings. The lowest BCUT2D eigenvalue weighted by molar-refractivity contribution is 0.414. The molecule has 0 radical (unpaired) electrons. The highest BCUT2D eigenvalue weighted by molar-refractivity contribution is 5.70. The van der Waals surface area contributed by atoms with Crippen LogP contribution in [0.2, 0.25) is 0 Å². The summed E-state index contributed by atoms with van der Waals surface area (Å²) in [5.41, 5.74) is 4.82. The van der Waals surface area contributed by atoms with Gasteiger partial charge in [-0.15, -0.1) is 0 Å². The summed E-state index contributed by atoms with van der Waals surface area (Å²) in [5, 5.41) is 7.79. The molecule has 0 saturated heterocycles. The molecule has 0 bridgehead atoms. The van der Waals surface area contributed by atoms with Crippen molar-refractivity contribution in [2.24, 2.45) is 7.05 Å². The lowest BCUT2D eigenvalue weighted by Crippen LogP contribution is -2.14. The number of aromatic nitrogens is 2. The molecule has 20 heavy (non-hydrogen) atoms. The fourth-order valence-electron chi connectivity index (χ4n) is 2.27. The number of nitrogens with zero attached hydrogens (tertiary/aromatic N) is 2. The molecule has 0 saturated carbocycles. The second-order valence-corrected chi connectivity index (χ2v) is 4.97. The Morgan fingerprint density at radius 1 is 1.30 bits per heavy atom. The van der Waals surface area contributed by atoms with Crippen LogP contribution in [0.1, 0.15) is 24.6 Å². The minimum absolute atomic E-state index is 0.842.